The highest BCUT2D eigenvalue weighted by molar-refractivity contribution is 6.30. The van der Waals surface area contributed by atoms with Gasteiger partial charge in [0.25, 0.3) is 0 Å². The van der Waals surface area contributed by atoms with Gasteiger partial charge in [0.05, 0.1) is 21.1 Å². The van der Waals surface area contributed by atoms with Gasteiger partial charge in [-0.25, -0.2) is 4.79 Å². The zero-order chi connectivity index (χ0) is 16.2. The smallest absolute Gasteiger partial charge is 0.408 e. The molecule has 0 aliphatic heterocycles. The minimum absolute atomic E-state index is 0. The quantitative estimate of drug-likeness (QED) is 0.590. The predicted molar refractivity (Wildman–Crippen MR) is 87.8 cm³/mol. The fourth-order valence-corrected chi connectivity index (χ4v) is 2.30. The van der Waals surface area contributed by atoms with Gasteiger partial charge < -0.3 is 26.9 Å². The largest absolute Gasteiger partial charge is 1.00 e. The van der Waals surface area contributed by atoms with E-state index in [1.165, 1.54) is 0 Å². The lowest BCUT2D eigenvalue weighted by Crippen LogP contribution is -3.00. The molecule has 1 saturated carbocycles. The molecule has 1 N–H and O–H groups in total. The molecule has 0 bridgehead atoms. The number of benzene rings is 1. The highest BCUT2D eigenvalue weighted by Crippen LogP contribution is 2.41. The Hall–Kier alpha value is -1.41. The van der Waals surface area contributed by atoms with Crippen LogP contribution in [0.3, 0.4) is 0 Å². The summed E-state index contributed by atoms with van der Waals surface area (Å²) in [7, 11) is 6.18. The molecule has 4 nitrogen and oxygen atoms in total. The summed E-state index contributed by atoms with van der Waals surface area (Å²) >= 11 is 5.97. The zero-order valence-corrected chi connectivity index (χ0v) is 15.1. The first kappa shape index (κ1) is 19.6. The summed E-state index contributed by atoms with van der Waals surface area (Å²) in [5, 5.41) is 3.57. The number of carbonyl (C=O) groups excluding carboxylic acids is 1. The van der Waals surface area contributed by atoms with E-state index in [0.29, 0.717) is 5.92 Å². The number of quaternary nitrogens is 1. The van der Waals surface area contributed by atoms with Crippen molar-refractivity contribution in [3.05, 3.63) is 34.9 Å². The van der Waals surface area contributed by atoms with Gasteiger partial charge in [0.1, 0.15) is 6.54 Å². The van der Waals surface area contributed by atoms with Crippen molar-refractivity contribution in [1.82, 2.24) is 5.32 Å². The number of ether oxygens (including phenoxy) is 1. The molecule has 1 aromatic carbocycles. The fraction of sp³-hybridized carbons (Fsp3) is 0.471. The third-order valence-corrected chi connectivity index (χ3v) is 3.56. The van der Waals surface area contributed by atoms with Gasteiger partial charge >= 0.3 is 6.09 Å². The molecule has 1 aromatic rings. The molecular formula is C17H22Cl2N2O2. The summed E-state index contributed by atoms with van der Waals surface area (Å²) in [4.78, 5) is 11.7. The Bertz CT molecular complexity index is 603. The third kappa shape index (κ3) is 7.13. The number of carbonyl (C=O) groups is 1. The van der Waals surface area contributed by atoms with Crippen LogP contribution in [0.1, 0.15) is 17.9 Å². The normalized spacial score (nSPS) is 19.0. The van der Waals surface area contributed by atoms with Crippen molar-refractivity contribution in [1.29, 1.82) is 0 Å². The number of alkyl carbamates (subject to hydrolysis) is 1. The van der Waals surface area contributed by atoms with E-state index in [1.807, 2.05) is 24.3 Å². The van der Waals surface area contributed by atoms with Crippen LogP contribution in [-0.2, 0) is 4.74 Å². The number of nitrogens with one attached hydrogen (secondary N) is 1. The van der Waals surface area contributed by atoms with E-state index in [1.54, 1.807) is 0 Å². The molecule has 1 aliphatic carbocycles. The maximum atomic E-state index is 11.7. The lowest BCUT2D eigenvalue weighted by molar-refractivity contribution is -0.862. The molecule has 126 valence electrons. The molecule has 2 rings (SSSR count). The summed E-state index contributed by atoms with van der Waals surface area (Å²) < 4.78 is 5.83. The van der Waals surface area contributed by atoms with Crippen LogP contribution in [0.15, 0.2) is 24.3 Å². The maximum absolute atomic E-state index is 11.7. The van der Waals surface area contributed by atoms with Crippen LogP contribution in [-0.4, -0.2) is 50.9 Å². The first-order valence-corrected chi connectivity index (χ1v) is 7.68. The minimum atomic E-state index is -0.408. The molecule has 0 unspecified atom stereocenters. The van der Waals surface area contributed by atoms with Crippen molar-refractivity contribution >= 4 is 17.7 Å². The van der Waals surface area contributed by atoms with E-state index in [0.717, 1.165) is 28.0 Å². The molecule has 0 heterocycles. The Morgan fingerprint density at radius 2 is 2.13 bits per heavy atom. The van der Waals surface area contributed by atoms with E-state index in [2.05, 4.69) is 38.3 Å². The Balaban J connectivity index is 0.00000264. The van der Waals surface area contributed by atoms with Gasteiger partial charge in [-0.1, -0.05) is 29.7 Å². The average molecular weight is 357 g/mol. The highest BCUT2D eigenvalue weighted by atomic mass is 35.5. The minimum Gasteiger partial charge on any atom is -1.00 e. The van der Waals surface area contributed by atoms with Gasteiger partial charge in [0, 0.05) is 17.0 Å². The Kier molecular flexibility index (Phi) is 7.21. The second kappa shape index (κ2) is 8.44. The van der Waals surface area contributed by atoms with Gasteiger partial charge in [-0.05, 0) is 30.0 Å². The number of nitrogens with zero attached hydrogens (tertiary/aromatic N) is 1. The van der Waals surface area contributed by atoms with E-state index in [4.69, 9.17) is 16.3 Å². The van der Waals surface area contributed by atoms with Crippen molar-refractivity contribution < 1.29 is 26.4 Å². The fourth-order valence-electron chi connectivity index (χ4n) is 2.10. The van der Waals surface area contributed by atoms with E-state index in [9.17, 15) is 4.79 Å². The Labute approximate surface area is 149 Å². The van der Waals surface area contributed by atoms with Crippen LogP contribution >= 0.6 is 11.6 Å². The molecular weight excluding hydrogens is 335 g/mol. The number of hydrogen-bond donors (Lipinski definition) is 1. The molecule has 0 radical (unpaired) electrons. The van der Waals surface area contributed by atoms with Crippen molar-refractivity contribution in [2.24, 2.45) is 0 Å². The molecule has 1 aliphatic rings. The molecule has 1 amide bonds. The average Bonchev–Trinajstić information content (AvgIpc) is 3.16. The van der Waals surface area contributed by atoms with Crippen LogP contribution in [0.25, 0.3) is 0 Å². The molecule has 1 fully saturated rings. The van der Waals surface area contributed by atoms with Crippen molar-refractivity contribution in [3.63, 3.8) is 0 Å². The summed E-state index contributed by atoms with van der Waals surface area (Å²) in [6.45, 7) is 0.852. The van der Waals surface area contributed by atoms with E-state index in [-0.39, 0.29) is 25.1 Å². The number of rotatable bonds is 4. The lowest BCUT2D eigenvalue weighted by Gasteiger charge is -2.19. The standard InChI is InChI=1S/C17H21ClN2O2.ClH/c1-20(2,3)9-4-5-10-22-17(21)19-16-12-15(16)13-7-6-8-14(18)11-13;/h6-8,11,15-16H,9-10,12H2,1-3H3;1H/t15-,16+;/m0./s1. The van der Waals surface area contributed by atoms with Gasteiger partial charge in [-0.3, -0.25) is 0 Å². The second-order valence-electron chi connectivity index (χ2n) is 6.53. The summed E-state index contributed by atoms with van der Waals surface area (Å²) in [6, 6.07) is 7.87. The van der Waals surface area contributed by atoms with Crippen LogP contribution in [0.2, 0.25) is 5.02 Å². The Morgan fingerprint density at radius 1 is 1.39 bits per heavy atom. The second-order valence-corrected chi connectivity index (χ2v) is 6.96. The molecule has 6 heteroatoms. The topological polar surface area (TPSA) is 38.3 Å². The van der Waals surface area contributed by atoms with Crippen molar-refractivity contribution in [2.75, 3.05) is 34.3 Å². The number of hydrogen-bond acceptors (Lipinski definition) is 2. The van der Waals surface area contributed by atoms with E-state index < -0.39 is 6.09 Å². The monoisotopic (exact) mass is 356 g/mol. The summed E-state index contributed by atoms with van der Waals surface area (Å²) in [6.07, 6.45) is 0.511. The van der Waals surface area contributed by atoms with Crippen LogP contribution < -0.4 is 17.7 Å². The maximum Gasteiger partial charge on any atom is 0.408 e. The molecule has 0 spiro atoms. The number of halogens is 2. The molecule has 2 atom stereocenters. The van der Waals surface area contributed by atoms with Crippen LogP contribution in [0.5, 0.6) is 0 Å². The first-order valence-electron chi connectivity index (χ1n) is 7.30. The predicted octanol–water partition coefficient (Wildman–Crippen LogP) is -0.364. The van der Waals surface area contributed by atoms with Crippen LogP contribution in [0.4, 0.5) is 4.79 Å². The molecule has 23 heavy (non-hydrogen) atoms. The van der Waals surface area contributed by atoms with Gasteiger partial charge in [0.2, 0.25) is 0 Å². The molecule has 0 saturated heterocycles. The zero-order valence-electron chi connectivity index (χ0n) is 13.6. The van der Waals surface area contributed by atoms with Crippen LogP contribution in [0, 0.1) is 11.8 Å². The lowest BCUT2D eigenvalue weighted by atomic mass is 10.1. The highest BCUT2D eigenvalue weighted by Gasteiger charge is 2.39. The van der Waals surface area contributed by atoms with Gasteiger partial charge in [-0.15, -0.1) is 0 Å². The van der Waals surface area contributed by atoms with Gasteiger partial charge in [-0.2, -0.15) is 0 Å². The van der Waals surface area contributed by atoms with E-state index >= 15 is 0 Å². The summed E-state index contributed by atoms with van der Waals surface area (Å²) in [5.74, 6) is 6.17. The SMILES string of the molecule is C[N+](C)(C)CC#CCOC(=O)N[C@@H]1C[C@H]1c1cccc(Cl)c1.[Cl-]. The number of amides is 1. The van der Waals surface area contributed by atoms with Crippen molar-refractivity contribution in [2.45, 2.75) is 18.4 Å². The Morgan fingerprint density at radius 3 is 2.78 bits per heavy atom. The van der Waals surface area contributed by atoms with Gasteiger partial charge in [0.15, 0.2) is 6.61 Å². The summed E-state index contributed by atoms with van der Waals surface area (Å²) in [5.41, 5.74) is 1.15. The first-order chi connectivity index (χ1) is 10.3. The third-order valence-electron chi connectivity index (χ3n) is 3.32. The van der Waals surface area contributed by atoms with Crippen molar-refractivity contribution in [3.8, 4) is 11.8 Å². The molecule has 0 aromatic heterocycles.